The minimum atomic E-state index is -2.64. The van der Waals surface area contributed by atoms with Gasteiger partial charge in [-0.1, -0.05) is 30.3 Å². The van der Waals surface area contributed by atoms with Gasteiger partial charge in [-0.2, -0.15) is 5.10 Å². The highest BCUT2D eigenvalue weighted by molar-refractivity contribution is 7.17. The van der Waals surface area contributed by atoms with Crippen LogP contribution in [0.25, 0.3) is 0 Å². The maximum absolute atomic E-state index is 14.0. The maximum Gasteiger partial charge on any atom is 0.341 e. The van der Waals surface area contributed by atoms with E-state index in [1.165, 1.54) is 22.2 Å². The number of aromatic nitrogens is 2. The lowest BCUT2D eigenvalue weighted by Gasteiger charge is -2.32. The third kappa shape index (κ3) is 4.61. The van der Waals surface area contributed by atoms with E-state index in [2.05, 4.69) is 15.7 Å². The van der Waals surface area contributed by atoms with Crippen molar-refractivity contribution >= 4 is 34.0 Å². The fourth-order valence-corrected chi connectivity index (χ4v) is 6.19. The van der Waals surface area contributed by atoms with Crippen LogP contribution >= 0.6 is 11.3 Å². The first-order valence-electron chi connectivity index (χ1n) is 12.2. The van der Waals surface area contributed by atoms with E-state index >= 15 is 0 Å². The van der Waals surface area contributed by atoms with E-state index in [0.29, 0.717) is 10.6 Å². The molecular weight excluding hydrogens is 486 g/mol. The van der Waals surface area contributed by atoms with Crippen LogP contribution in [0.1, 0.15) is 81.9 Å². The topological polar surface area (TPSA) is 85.2 Å². The molecule has 36 heavy (non-hydrogen) atoms. The van der Waals surface area contributed by atoms with Crippen molar-refractivity contribution in [1.29, 1.82) is 0 Å². The first kappa shape index (κ1) is 24.4. The Morgan fingerprint density at radius 1 is 1.19 bits per heavy atom. The van der Waals surface area contributed by atoms with Crippen molar-refractivity contribution in [3.8, 4) is 0 Å². The average Bonchev–Trinajstić information content (AvgIpc) is 3.44. The monoisotopic (exact) mass is 514 g/mol. The number of carbonyl (C=O) groups excluding carboxylic acids is 2. The average molecular weight is 515 g/mol. The molecule has 0 fully saturated rings. The predicted molar refractivity (Wildman–Crippen MR) is 134 cm³/mol. The van der Waals surface area contributed by atoms with Gasteiger partial charge in [0.25, 0.3) is 12.3 Å². The van der Waals surface area contributed by atoms with Crippen LogP contribution in [0.4, 0.5) is 19.6 Å². The molecular formula is C26H28F2N4O3S. The number of fused-ring (bicyclic) bond motifs is 2. The largest absolute Gasteiger partial charge is 0.459 e. The SMILES string of the molecule is CC(C)OC(=O)c1c(NC(=O)c2cnn3c2N[C@H](c2ccccc2)C[C@@H]3C(F)F)sc2c1CCCC2. The van der Waals surface area contributed by atoms with Crippen LogP contribution in [0.2, 0.25) is 0 Å². The van der Waals surface area contributed by atoms with Crippen LogP contribution in [0.15, 0.2) is 36.5 Å². The Morgan fingerprint density at radius 2 is 1.94 bits per heavy atom. The minimum Gasteiger partial charge on any atom is -0.459 e. The van der Waals surface area contributed by atoms with Crippen molar-refractivity contribution in [2.75, 3.05) is 10.6 Å². The number of anilines is 2. The number of nitrogens with zero attached hydrogens (tertiary/aromatic N) is 2. The molecule has 0 saturated heterocycles. The fourth-order valence-electron chi connectivity index (χ4n) is 4.92. The number of rotatable bonds is 6. The number of thiophene rings is 1. The molecule has 2 aliphatic rings. The Balaban J connectivity index is 1.47. The molecule has 3 heterocycles. The zero-order valence-electron chi connectivity index (χ0n) is 20.1. The van der Waals surface area contributed by atoms with E-state index in [9.17, 15) is 18.4 Å². The number of hydrogen-bond donors (Lipinski definition) is 2. The van der Waals surface area contributed by atoms with Crippen LogP contribution in [-0.4, -0.2) is 34.2 Å². The van der Waals surface area contributed by atoms with Gasteiger partial charge in [0.1, 0.15) is 22.4 Å². The van der Waals surface area contributed by atoms with Crippen molar-refractivity contribution in [3.63, 3.8) is 0 Å². The second-order valence-electron chi connectivity index (χ2n) is 9.42. The predicted octanol–water partition coefficient (Wildman–Crippen LogP) is 6.00. The van der Waals surface area contributed by atoms with Crippen molar-refractivity contribution in [1.82, 2.24) is 9.78 Å². The Morgan fingerprint density at radius 3 is 2.67 bits per heavy atom. The number of amides is 1. The zero-order valence-corrected chi connectivity index (χ0v) is 20.9. The molecule has 7 nitrogen and oxygen atoms in total. The summed E-state index contributed by atoms with van der Waals surface area (Å²) in [6.07, 6.45) is 2.09. The van der Waals surface area contributed by atoms with E-state index in [-0.39, 0.29) is 23.9 Å². The number of nitrogens with one attached hydrogen (secondary N) is 2. The van der Waals surface area contributed by atoms with Crippen molar-refractivity contribution in [2.45, 2.75) is 70.6 Å². The highest BCUT2D eigenvalue weighted by atomic mass is 32.1. The molecule has 0 saturated carbocycles. The van der Waals surface area contributed by atoms with Crippen molar-refractivity contribution in [3.05, 3.63) is 63.7 Å². The molecule has 1 amide bonds. The number of hydrogen-bond acceptors (Lipinski definition) is 6. The molecule has 2 atom stereocenters. The van der Waals surface area contributed by atoms with E-state index < -0.39 is 30.4 Å². The van der Waals surface area contributed by atoms with E-state index in [0.717, 1.165) is 41.7 Å². The van der Waals surface area contributed by atoms with Gasteiger partial charge in [-0.25, -0.2) is 18.3 Å². The third-order valence-electron chi connectivity index (χ3n) is 6.58. The molecule has 2 aromatic heterocycles. The number of aryl methyl sites for hydroxylation is 1. The van der Waals surface area contributed by atoms with Crippen LogP contribution in [0.5, 0.6) is 0 Å². The Kier molecular flexibility index (Phi) is 6.79. The fraction of sp³-hybridized carbons (Fsp3) is 0.423. The lowest BCUT2D eigenvalue weighted by molar-refractivity contribution is 0.0378. The molecule has 0 bridgehead atoms. The molecule has 1 aromatic carbocycles. The smallest absolute Gasteiger partial charge is 0.341 e. The Hall–Kier alpha value is -3.27. The Bertz CT molecular complexity index is 1270. The van der Waals surface area contributed by atoms with Gasteiger partial charge < -0.3 is 15.4 Å². The summed E-state index contributed by atoms with van der Waals surface area (Å²) < 4.78 is 34.6. The molecule has 3 aromatic rings. The number of benzene rings is 1. The van der Waals surface area contributed by atoms with Gasteiger partial charge in [-0.05, 0) is 57.1 Å². The summed E-state index contributed by atoms with van der Waals surface area (Å²) >= 11 is 1.38. The second kappa shape index (κ2) is 10.0. The molecule has 2 N–H and O–H groups in total. The molecule has 0 spiro atoms. The maximum atomic E-state index is 14.0. The molecule has 1 aliphatic carbocycles. The lowest BCUT2D eigenvalue weighted by Crippen LogP contribution is -2.31. The summed E-state index contributed by atoms with van der Waals surface area (Å²) in [5.74, 6) is -0.732. The summed E-state index contributed by atoms with van der Waals surface area (Å²) in [5, 5.41) is 10.7. The highest BCUT2D eigenvalue weighted by Gasteiger charge is 2.37. The first-order chi connectivity index (χ1) is 17.3. The van der Waals surface area contributed by atoms with Crippen molar-refractivity contribution in [2.24, 2.45) is 0 Å². The molecule has 190 valence electrons. The molecule has 10 heteroatoms. The van der Waals surface area contributed by atoms with Crippen LogP contribution in [0.3, 0.4) is 0 Å². The number of carbonyl (C=O) groups is 2. The van der Waals surface area contributed by atoms with Crippen LogP contribution in [-0.2, 0) is 17.6 Å². The second-order valence-corrected chi connectivity index (χ2v) is 10.5. The third-order valence-corrected chi connectivity index (χ3v) is 7.79. The molecule has 5 rings (SSSR count). The number of esters is 1. The van der Waals surface area contributed by atoms with E-state index in [1.807, 2.05) is 30.3 Å². The van der Waals surface area contributed by atoms with Gasteiger partial charge >= 0.3 is 5.97 Å². The number of alkyl halides is 2. The van der Waals surface area contributed by atoms with Gasteiger partial charge in [0.05, 0.1) is 23.9 Å². The van der Waals surface area contributed by atoms with Gasteiger partial charge in [0.15, 0.2) is 0 Å². The molecule has 1 aliphatic heterocycles. The summed E-state index contributed by atoms with van der Waals surface area (Å²) in [4.78, 5) is 27.5. The molecule has 0 unspecified atom stereocenters. The first-order valence-corrected chi connectivity index (χ1v) is 13.0. The van der Waals surface area contributed by atoms with Gasteiger partial charge in [0.2, 0.25) is 0 Å². The summed E-state index contributed by atoms with van der Waals surface area (Å²) in [7, 11) is 0. The van der Waals surface area contributed by atoms with Crippen molar-refractivity contribution < 1.29 is 23.1 Å². The van der Waals surface area contributed by atoms with Gasteiger partial charge in [-0.15, -0.1) is 11.3 Å². The normalized spacial score (nSPS) is 18.9. The van der Waals surface area contributed by atoms with E-state index in [4.69, 9.17) is 4.74 Å². The Labute approximate surface area is 211 Å². The van der Waals surface area contributed by atoms with Gasteiger partial charge in [-0.3, -0.25) is 4.79 Å². The highest BCUT2D eigenvalue weighted by Crippen LogP contribution is 2.41. The zero-order chi connectivity index (χ0) is 25.4. The van der Waals surface area contributed by atoms with Crippen LogP contribution in [0, 0.1) is 0 Å². The van der Waals surface area contributed by atoms with E-state index in [1.54, 1.807) is 13.8 Å². The number of ether oxygens (including phenoxy) is 1. The molecule has 0 radical (unpaired) electrons. The van der Waals surface area contributed by atoms with Crippen LogP contribution < -0.4 is 10.6 Å². The quantitative estimate of drug-likeness (QED) is 0.394. The number of halogens is 2. The summed E-state index contributed by atoms with van der Waals surface area (Å²) in [6, 6.07) is 7.74. The lowest BCUT2D eigenvalue weighted by atomic mass is 9.95. The summed E-state index contributed by atoms with van der Waals surface area (Å²) in [6.45, 7) is 3.56. The summed E-state index contributed by atoms with van der Waals surface area (Å²) in [5.41, 5.74) is 2.34. The van der Waals surface area contributed by atoms with Gasteiger partial charge in [0, 0.05) is 4.88 Å². The standard InChI is InChI=1S/C26H28F2N4O3S/c1-14(2)35-26(34)21-16-10-6-7-11-20(16)36-25(21)31-24(33)17-13-29-32-19(22(27)28)12-18(30-23(17)32)15-8-4-3-5-9-15/h3-5,8-9,13-14,18-19,22,30H,6-7,10-12H2,1-2H3,(H,31,33)/t18-,19+/m0/s1. The minimum absolute atomic E-state index is 0.139.